The average molecular weight is 351 g/mol. The molecule has 0 radical (unpaired) electrons. The van der Waals surface area contributed by atoms with E-state index in [1.54, 1.807) is 4.90 Å². The molecule has 1 saturated heterocycles. The van der Waals surface area contributed by atoms with Crippen molar-refractivity contribution in [1.82, 2.24) is 14.9 Å². The largest absolute Gasteiger partial charge is 0.453 e. The third kappa shape index (κ3) is 2.96. The number of likely N-dealkylation sites (tertiary alicyclic amines) is 1. The van der Waals surface area contributed by atoms with E-state index < -0.39 is 0 Å². The maximum absolute atomic E-state index is 14.6. The Morgan fingerprint density at radius 1 is 1.40 bits per heavy atom. The Balaban J connectivity index is 0.000000784. The summed E-state index contributed by atoms with van der Waals surface area (Å²) in [5.74, 6) is 1.67. The van der Waals surface area contributed by atoms with Crippen LogP contribution in [0.3, 0.4) is 0 Å². The van der Waals surface area contributed by atoms with Gasteiger partial charge in [0.15, 0.2) is 0 Å². The number of nitrogens with zero attached hydrogens (tertiary/aromatic N) is 2. The number of carbonyl (C=O) groups is 1. The van der Waals surface area contributed by atoms with Crippen LogP contribution in [0.25, 0.3) is 11.4 Å². The summed E-state index contributed by atoms with van der Waals surface area (Å²) in [4.78, 5) is 21.3. The fourth-order valence-electron chi connectivity index (χ4n) is 4.13. The van der Waals surface area contributed by atoms with Crippen molar-refractivity contribution in [2.75, 3.05) is 20.2 Å². The van der Waals surface area contributed by atoms with Crippen molar-refractivity contribution in [3.8, 4) is 0 Å². The Labute approximate surface area is 149 Å². The summed E-state index contributed by atoms with van der Waals surface area (Å²) in [6.07, 6.45) is 1.43. The number of amides is 1. The summed E-state index contributed by atoms with van der Waals surface area (Å²) in [5.41, 5.74) is 1.29. The van der Waals surface area contributed by atoms with Crippen LogP contribution < -0.4 is 10.7 Å². The lowest BCUT2D eigenvalue weighted by Crippen LogP contribution is -2.34. The second-order valence-corrected chi connectivity index (χ2v) is 7.15. The number of aromatic amines is 1. The minimum Gasteiger partial charge on any atom is -0.453 e. The SMILES string of the molecule is CC.COC(=O)N1CC[C@H](c2nc3c([nH]2)=C(F)C2CC2C=3C(C)C)C1.[HH]. The summed E-state index contributed by atoms with van der Waals surface area (Å²) in [6, 6.07) is 0. The van der Waals surface area contributed by atoms with Gasteiger partial charge in [0, 0.05) is 26.4 Å². The molecule has 3 aliphatic rings. The van der Waals surface area contributed by atoms with E-state index in [1.807, 2.05) is 13.8 Å². The van der Waals surface area contributed by atoms with E-state index in [2.05, 4.69) is 18.8 Å². The van der Waals surface area contributed by atoms with Crippen molar-refractivity contribution in [2.45, 2.75) is 46.5 Å². The first-order valence-corrected chi connectivity index (χ1v) is 9.33. The Hall–Kier alpha value is -1.85. The number of carbonyl (C=O) groups excluding carboxylic acids is 1. The highest BCUT2D eigenvalue weighted by atomic mass is 19.1. The van der Waals surface area contributed by atoms with Crippen molar-refractivity contribution in [3.05, 3.63) is 16.5 Å². The molecule has 0 spiro atoms. The lowest BCUT2D eigenvalue weighted by atomic mass is 9.94. The van der Waals surface area contributed by atoms with Crippen LogP contribution in [0.5, 0.6) is 0 Å². The van der Waals surface area contributed by atoms with E-state index in [0.29, 0.717) is 30.3 Å². The molecule has 3 atom stereocenters. The normalized spacial score (nSPS) is 26.8. The molecule has 2 fully saturated rings. The predicted molar refractivity (Wildman–Crippen MR) is 97.0 cm³/mol. The first-order chi connectivity index (χ1) is 12.0. The van der Waals surface area contributed by atoms with Crippen LogP contribution in [-0.2, 0) is 4.74 Å². The molecule has 6 heteroatoms. The Kier molecular flexibility index (Phi) is 4.89. The maximum atomic E-state index is 14.6. The van der Waals surface area contributed by atoms with Crippen molar-refractivity contribution >= 4 is 17.5 Å². The van der Waals surface area contributed by atoms with Crippen molar-refractivity contribution in [1.29, 1.82) is 0 Å². The molecule has 0 bridgehead atoms. The zero-order valence-electron chi connectivity index (χ0n) is 15.7. The molecule has 2 heterocycles. The molecule has 1 aliphatic heterocycles. The number of H-pyrrole nitrogens is 1. The van der Waals surface area contributed by atoms with Crippen molar-refractivity contribution in [2.24, 2.45) is 17.8 Å². The van der Waals surface area contributed by atoms with Gasteiger partial charge in [-0.3, -0.25) is 0 Å². The maximum Gasteiger partial charge on any atom is 0.409 e. The highest BCUT2D eigenvalue weighted by molar-refractivity contribution is 5.68. The molecule has 2 unspecified atom stereocenters. The van der Waals surface area contributed by atoms with Crippen LogP contribution in [0.4, 0.5) is 9.18 Å². The van der Waals surface area contributed by atoms with Gasteiger partial charge >= 0.3 is 6.09 Å². The van der Waals surface area contributed by atoms with Gasteiger partial charge in [-0.2, -0.15) is 0 Å². The van der Waals surface area contributed by atoms with Crippen LogP contribution in [0, 0.1) is 17.8 Å². The summed E-state index contributed by atoms with van der Waals surface area (Å²) >= 11 is 0. The Morgan fingerprint density at radius 2 is 2.12 bits per heavy atom. The number of hydrogen-bond acceptors (Lipinski definition) is 3. The minimum absolute atomic E-state index is 0. The molecule has 1 aromatic heterocycles. The van der Waals surface area contributed by atoms with Gasteiger partial charge < -0.3 is 14.6 Å². The first-order valence-electron chi connectivity index (χ1n) is 9.33. The molecule has 1 saturated carbocycles. The molecule has 25 heavy (non-hydrogen) atoms. The quantitative estimate of drug-likeness (QED) is 0.891. The number of halogens is 1. The number of imidazole rings is 1. The number of hydrogen-bond donors (Lipinski definition) is 1. The molecule has 1 N–H and O–H groups in total. The van der Waals surface area contributed by atoms with Crippen LogP contribution in [0.15, 0.2) is 0 Å². The molecule has 1 aromatic rings. The second kappa shape index (κ2) is 6.81. The number of rotatable bonds is 2. The Morgan fingerprint density at radius 3 is 2.76 bits per heavy atom. The number of methoxy groups -OCH3 is 1. The molecular formula is C19H30FN3O2. The number of ether oxygens (including phenoxy) is 1. The van der Waals surface area contributed by atoms with Crippen LogP contribution >= 0.6 is 0 Å². The minimum atomic E-state index is -0.308. The molecule has 0 aromatic carbocycles. The molecular weight excluding hydrogens is 321 g/mol. The lowest BCUT2D eigenvalue weighted by molar-refractivity contribution is 0.132. The van der Waals surface area contributed by atoms with Crippen LogP contribution in [-0.4, -0.2) is 41.2 Å². The standard InChI is InChI=1S/C17H22FN3O2.C2H6.H2/c1-8(2)12-10-6-11(10)13(18)15-14(12)19-16(20-15)9-4-5-21(7-9)17(22)23-3;1-2;/h8-11H,4-7H2,1-3H3,(H,19,20);1-2H3;1H/t9-,10?,11?;;/m0../s1. The highest BCUT2D eigenvalue weighted by Gasteiger charge is 2.47. The third-order valence-corrected chi connectivity index (χ3v) is 5.38. The Bertz CT molecular complexity index is 789. The number of fused-ring (bicyclic) bond motifs is 2. The van der Waals surface area contributed by atoms with E-state index in [1.165, 1.54) is 12.7 Å². The molecule has 4 rings (SSSR count). The molecule has 2 aliphatic carbocycles. The van der Waals surface area contributed by atoms with Crippen LogP contribution in [0.2, 0.25) is 0 Å². The van der Waals surface area contributed by atoms with Gasteiger partial charge in [-0.05, 0) is 30.3 Å². The van der Waals surface area contributed by atoms with Gasteiger partial charge in [0.25, 0.3) is 0 Å². The van der Waals surface area contributed by atoms with Gasteiger partial charge in [0.1, 0.15) is 11.7 Å². The fourth-order valence-corrected chi connectivity index (χ4v) is 4.13. The second-order valence-electron chi connectivity index (χ2n) is 7.15. The van der Waals surface area contributed by atoms with Gasteiger partial charge in [-0.15, -0.1) is 0 Å². The van der Waals surface area contributed by atoms with Crippen molar-refractivity contribution in [3.63, 3.8) is 0 Å². The third-order valence-electron chi connectivity index (χ3n) is 5.38. The van der Waals surface area contributed by atoms with Gasteiger partial charge in [-0.25, -0.2) is 14.2 Å². The van der Waals surface area contributed by atoms with E-state index in [0.717, 1.165) is 24.0 Å². The van der Waals surface area contributed by atoms with E-state index in [4.69, 9.17) is 9.72 Å². The van der Waals surface area contributed by atoms with Gasteiger partial charge in [0.2, 0.25) is 0 Å². The van der Waals surface area contributed by atoms with Crippen LogP contribution in [0.1, 0.15) is 53.7 Å². The van der Waals surface area contributed by atoms with Crippen molar-refractivity contribution < 1.29 is 15.3 Å². The molecule has 1 amide bonds. The molecule has 5 nitrogen and oxygen atoms in total. The summed E-state index contributed by atoms with van der Waals surface area (Å²) in [5, 5.41) is 1.40. The smallest absolute Gasteiger partial charge is 0.409 e. The number of aromatic nitrogens is 2. The predicted octanol–water partition coefficient (Wildman–Crippen LogP) is 2.77. The van der Waals surface area contributed by atoms with E-state index in [9.17, 15) is 9.18 Å². The summed E-state index contributed by atoms with van der Waals surface area (Å²) in [6.45, 7) is 9.53. The average Bonchev–Trinajstić information content (AvgIpc) is 3.06. The monoisotopic (exact) mass is 351 g/mol. The van der Waals surface area contributed by atoms with Gasteiger partial charge in [-0.1, -0.05) is 27.7 Å². The van der Waals surface area contributed by atoms with Gasteiger partial charge in [0.05, 0.1) is 17.8 Å². The first kappa shape index (κ1) is 18.0. The highest BCUT2D eigenvalue weighted by Crippen LogP contribution is 2.52. The topological polar surface area (TPSA) is 58.2 Å². The van der Waals surface area contributed by atoms with E-state index >= 15 is 0 Å². The molecule has 140 valence electrons. The zero-order chi connectivity index (χ0) is 18.3. The zero-order valence-corrected chi connectivity index (χ0v) is 15.7. The lowest BCUT2D eigenvalue weighted by Gasteiger charge is -2.13. The number of nitrogens with one attached hydrogen (secondary N) is 1. The van der Waals surface area contributed by atoms with E-state index in [-0.39, 0.29) is 25.2 Å². The summed E-state index contributed by atoms with van der Waals surface area (Å²) < 4.78 is 19.3. The summed E-state index contributed by atoms with van der Waals surface area (Å²) in [7, 11) is 1.39. The fraction of sp³-hybridized carbons (Fsp3) is 0.684.